The zero-order valence-corrected chi connectivity index (χ0v) is 18.9. The van der Waals surface area contributed by atoms with Gasteiger partial charge in [0.15, 0.2) is 21.7 Å². The molecule has 31 heavy (non-hydrogen) atoms. The second-order valence-corrected chi connectivity index (χ2v) is 10.4. The van der Waals surface area contributed by atoms with Crippen molar-refractivity contribution in [1.82, 2.24) is 9.55 Å². The molecule has 164 valence electrons. The predicted molar refractivity (Wildman–Crippen MR) is 119 cm³/mol. The van der Waals surface area contributed by atoms with Gasteiger partial charge in [0.2, 0.25) is 0 Å². The topological polar surface area (TPSA) is 101 Å². The predicted octanol–water partition coefficient (Wildman–Crippen LogP) is 2.71. The summed E-state index contributed by atoms with van der Waals surface area (Å²) in [6.45, 7) is 5.37. The fraction of sp³-hybridized carbons (Fsp3) is 0.364. The van der Waals surface area contributed by atoms with Crippen LogP contribution in [0, 0.1) is 5.92 Å². The van der Waals surface area contributed by atoms with E-state index in [1.54, 1.807) is 45.5 Å². The third-order valence-corrected chi connectivity index (χ3v) is 7.47. The Morgan fingerprint density at radius 3 is 2.52 bits per heavy atom. The molecule has 2 aromatic heterocycles. The van der Waals surface area contributed by atoms with Gasteiger partial charge in [-0.2, -0.15) is 0 Å². The average Bonchev–Trinajstić information content (AvgIpc) is 3.22. The van der Waals surface area contributed by atoms with Gasteiger partial charge in [-0.05, 0) is 24.1 Å². The number of anilines is 1. The van der Waals surface area contributed by atoms with Crippen LogP contribution < -0.4 is 15.2 Å². The number of aromatic amines is 1. The minimum Gasteiger partial charge on any atom is -0.477 e. The summed E-state index contributed by atoms with van der Waals surface area (Å²) in [5, 5.41) is 0.653. The summed E-state index contributed by atoms with van der Waals surface area (Å²) in [7, 11) is -0.301. The molecule has 0 spiro atoms. The number of hydrogen-bond donors (Lipinski definition) is 1. The largest absolute Gasteiger partial charge is 0.477 e. The number of carbonyl (C=O) groups is 1. The van der Waals surface area contributed by atoms with Crippen LogP contribution in [0.5, 0.6) is 5.75 Å². The number of nitrogens with one attached hydrogen (secondary N) is 1. The van der Waals surface area contributed by atoms with Gasteiger partial charge in [0.05, 0.1) is 16.3 Å². The number of benzene rings is 1. The summed E-state index contributed by atoms with van der Waals surface area (Å²) < 4.78 is 33.1. The van der Waals surface area contributed by atoms with E-state index in [1.807, 2.05) is 13.8 Å². The van der Waals surface area contributed by atoms with Gasteiger partial charge in [0.25, 0.3) is 11.5 Å². The molecule has 1 aliphatic heterocycles. The van der Waals surface area contributed by atoms with Crippen LogP contribution in [0.2, 0.25) is 0 Å². The van der Waals surface area contributed by atoms with E-state index in [0.29, 0.717) is 33.5 Å². The van der Waals surface area contributed by atoms with Gasteiger partial charge in [-0.1, -0.05) is 20.8 Å². The van der Waals surface area contributed by atoms with Crippen LogP contribution in [0.15, 0.2) is 40.3 Å². The van der Waals surface area contributed by atoms with E-state index in [4.69, 9.17) is 4.74 Å². The number of ether oxygens (including phenoxy) is 1. The minimum absolute atomic E-state index is 0.0782. The van der Waals surface area contributed by atoms with Crippen molar-refractivity contribution in [3.63, 3.8) is 0 Å². The summed E-state index contributed by atoms with van der Waals surface area (Å²) in [5.74, 6) is 0.0386. The van der Waals surface area contributed by atoms with E-state index in [-0.39, 0.29) is 28.0 Å². The number of aryl methyl sites for hydroxylation is 1. The number of sulfone groups is 1. The maximum Gasteiger partial charge on any atom is 0.274 e. The SMILES string of the molecule is CCS(=O)(=O)c1cc(-c2cn(C)c(=O)c3[nH]ccc23)c2c(c1)N(C)C(=O)C(C(C)C)O2. The number of pyridine rings is 1. The molecule has 3 aromatic rings. The fourth-order valence-corrected chi connectivity index (χ4v) is 4.82. The normalized spacial score (nSPS) is 16.6. The van der Waals surface area contributed by atoms with Crippen LogP contribution in [-0.4, -0.2) is 42.8 Å². The van der Waals surface area contributed by atoms with Crippen molar-refractivity contribution >= 4 is 32.3 Å². The van der Waals surface area contributed by atoms with Gasteiger partial charge in [-0.3, -0.25) is 9.59 Å². The molecule has 9 heteroatoms. The Kier molecular flexibility index (Phi) is 4.96. The molecule has 0 radical (unpaired) electrons. The standard InChI is InChI=1S/C22H25N3O5S/c1-6-31(28,29)13-9-15(16-11-24(4)21(26)18-14(16)7-8-23-18)20-17(10-13)25(5)22(27)19(30-20)12(2)3/h7-12,19,23H,6H2,1-5H3. The van der Waals surface area contributed by atoms with Crippen LogP contribution >= 0.6 is 0 Å². The maximum absolute atomic E-state index is 12.9. The third-order valence-electron chi connectivity index (χ3n) is 5.75. The lowest BCUT2D eigenvalue weighted by Gasteiger charge is -2.35. The van der Waals surface area contributed by atoms with Crippen molar-refractivity contribution in [3.05, 3.63) is 40.9 Å². The van der Waals surface area contributed by atoms with Crippen molar-refractivity contribution < 1.29 is 17.9 Å². The zero-order chi connectivity index (χ0) is 22.7. The third kappa shape index (κ3) is 3.23. The van der Waals surface area contributed by atoms with Crippen LogP contribution in [-0.2, 0) is 21.7 Å². The zero-order valence-electron chi connectivity index (χ0n) is 18.1. The smallest absolute Gasteiger partial charge is 0.274 e. The Hall–Kier alpha value is -3.07. The lowest BCUT2D eigenvalue weighted by atomic mass is 9.98. The molecule has 1 unspecified atom stereocenters. The van der Waals surface area contributed by atoms with Gasteiger partial charge in [-0.15, -0.1) is 0 Å². The first-order valence-electron chi connectivity index (χ1n) is 10.1. The quantitative estimate of drug-likeness (QED) is 0.668. The molecular weight excluding hydrogens is 418 g/mol. The number of hydrogen-bond acceptors (Lipinski definition) is 5. The average molecular weight is 444 g/mol. The first-order chi connectivity index (χ1) is 14.6. The second kappa shape index (κ2) is 7.26. The molecule has 0 fully saturated rings. The molecular formula is C22H25N3O5S. The molecule has 0 bridgehead atoms. The summed E-state index contributed by atoms with van der Waals surface area (Å²) in [5.41, 5.74) is 1.79. The van der Waals surface area contributed by atoms with Crippen LogP contribution in [0.4, 0.5) is 5.69 Å². The van der Waals surface area contributed by atoms with Crippen molar-refractivity contribution in [3.8, 4) is 16.9 Å². The number of H-pyrrole nitrogens is 1. The van der Waals surface area contributed by atoms with E-state index in [9.17, 15) is 18.0 Å². The summed E-state index contributed by atoms with van der Waals surface area (Å²) >= 11 is 0. The van der Waals surface area contributed by atoms with E-state index in [2.05, 4.69) is 4.98 Å². The number of nitrogens with zero attached hydrogens (tertiary/aromatic N) is 2. The molecule has 4 rings (SSSR count). The molecule has 1 N–H and O–H groups in total. The van der Waals surface area contributed by atoms with Crippen molar-refractivity contribution in [1.29, 1.82) is 0 Å². The first-order valence-corrected chi connectivity index (χ1v) is 11.7. The van der Waals surface area contributed by atoms with E-state index >= 15 is 0 Å². The maximum atomic E-state index is 12.9. The molecule has 0 saturated carbocycles. The first kappa shape index (κ1) is 21.2. The van der Waals surface area contributed by atoms with Crippen LogP contribution in [0.25, 0.3) is 22.0 Å². The fourth-order valence-electron chi connectivity index (χ4n) is 3.90. The molecule has 1 aliphatic rings. The Labute approximate surface area is 180 Å². The molecule has 1 amide bonds. The van der Waals surface area contributed by atoms with Gasteiger partial charge < -0.3 is 19.2 Å². The van der Waals surface area contributed by atoms with Gasteiger partial charge >= 0.3 is 0 Å². The van der Waals surface area contributed by atoms with Gasteiger partial charge in [0, 0.05) is 43.0 Å². The Morgan fingerprint density at radius 2 is 1.87 bits per heavy atom. The summed E-state index contributed by atoms with van der Waals surface area (Å²) in [6.07, 6.45) is 2.64. The van der Waals surface area contributed by atoms with Crippen LogP contribution in [0.3, 0.4) is 0 Å². The van der Waals surface area contributed by atoms with E-state index in [0.717, 1.165) is 0 Å². The van der Waals surface area contributed by atoms with Crippen molar-refractivity contribution in [2.75, 3.05) is 17.7 Å². The van der Waals surface area contributed by atoms with Crippen LogP contribution in [0.1, 0.15) is 20.8 Å². The number of carbonyl (C=O) groups excluding carboxylic acids is 1. The molecule has 1 aromatic carbocycles. The second-order valence-electron chi connectivity index (χ2n) is 8.13. The Morgan fingerprint density at radius 1 is 1.16 bits per heavy atom. The highest BCUT2D eigenvalue weighted by Crippen LogP contribution is 2.46. The lowest BCUT2D eigenvalue weighted by molar-refractivity contribution is -0.127. The van der Waals surface area contributed by atoms with Gasteiger partial charge in [0.1, 0.15) is 5.52 Å². The molecule has 0 aliphatic carbocycles. The number of aromatic nitrogens is 2. The number of fused-ring (bicyclic) bond motifs is 2. The highest BCUT2D eigenvalue weighted by Gasteiger charge is 2.37. The molecule has 3 heterocycles. The van der Waals surface area contributed by atoms with Gasteiger partial charge in [-0.25, -0.2) is 8.42 Å². The number of rotatable bonds is 4. The Bertz CT molecular complexity index is 1370. The van der Waals surface area contributed by atoms with E-state index in [1.165, 1.54) is 15.5 Å². The highest BCUT2D eigenvalue weighted by atomic mass is 32.2. The highest BCUT2D eigenvalue weighted by molar-refractivity contribution is 7.91. The van der Waals surface area contributed by atoms with Crippen molar-refractivity contribution in [2.45, 2.75) is 31.8 Å². The van der Waals surface area contributed by atoms with Crippen molar-refractivity contribution in [2.24, 2.45) is 13.0 Å². The number of likely N-dealkylation sites (N-methyl/N-ethyl adjacent to an activating group) is 1. The number of amides is 1. The summed E-state index contributed by atoms with van der Waals surface area (Å²) in [4.78, 5) is 29.9. The summed E-state index contributed by atoms with van der Waals surface area (Å²) in [6, 6.07) is 4.84. The molecule has 8 nitrogen and oxygen atoms in total. The monoisotopic (exact) mass is 443 g/mol. The lowest BCUT2D eigenvalue weighted by Crippen LogP contribution is -2.46. The minimum atomic E-state index is -3.56. The van der Waals surface area contributed by atoms with E-state index < -0.39 is 15.9 Å². The Balaban J connectivity index is 2.11. The molecule has 1 atom stereocenters. The molecule has 0 saturated heterocycles.